The molecule has 0 nitrogen and oxygen atoms in total. The van der Waals surface area contributed by atoms with Crippen LogP contribution in [0.2, 0.25) is 0 Å². The van der Waals surface area contributed by atoms with Gasteiger partial charge in [-0.3, -0.25) is 0 Å². The third-order valence-corrected chi connectivity index (χ3v) is 4.35. The number of alkyl halides is 1. The fraction of sp³-hybridized carbons (Fsp3) is 0.167. The van der Waals surface area contributed by atoms with Crippen molar-refractivity contribution in [2.24, 2.45) is 0 Å². The van der Waals surface area contributed by atoms with E-state index in [1.165, 1.54) is 26.4 Å². The third-order valence-electron chi connectivity index (χ3n) is 2.84. The van der Waals surface area contributed by atoms with Gasteiger partial charge < -0.3 is 0 Å². The van der Waals surface area contributed by atoms with E-state index in [4.69, 9.17) is 0 Å². The van der Waals surface area contributed by atoms with Crippen molar-refractivity contribution in [3.05, 3.63) is 45.9 Å². The Bertz CT molecular complexity index is 517. The van der Waals surface area contributed by atoms with Crippen molar-refractivity contribution in [3.8, 4) is 0 Å². The van der Waals surface area contributed by atoms with Gasteiger partial charge in [-0.1, -0.05) is 56.1 Å². The van der Waals surface area contributed by atoms with Crippen LogP contribution in [0.4, 0.5) is 0 Å². The molecule has 0 aliphatic heterocycles. The summed E-state index contributed by atoms with van der Waals surface area (Å²) in [5, 5.41) is 2.77. The van der Waals surface area contributed by atoms with E-state index < -0.39 is 0 Å². The molecule has 1 unspecified atom stereocenters. The smallest absolute Gasteiger partial charge is 0.0442 e. The van der Waals surface area contributed by atoms with Crippen molar-refractivity contribution in [2.75, 3.05) is 0 Å². The molecule has 1 atom stereocenters. The minimum absolute atomic E-state index is 0.496. The third kappa shape index (κ3) is 1.10. The van der Waals surface area contributed by atoms with E-state index >= 15 is 0 Å². The molecule has 14 heavy (non-hydrogen) atoms. The molecule has 2 aromatic rings. The largest absolute Gasteiger partial charge is 0.0835 e. The Balaban J connectivity index is 2.52. The fourth-order valence-corrected chi connectivity index (χ4v) is 3.40. The molecule has 0 N–H and O–H groups in total. The van der Waals surface area contributed by atoms with Gasteiger partial charge in [-0.25, -0.2) is 0 Å². The average molecular weight is 312 g/mol. The Morgan fingerprint density at radius 3 is 2.86 bits per heavy atom. The molecule has 0 fully saturated rings. The maximum Gasteiger partial charge on any atom is 0.0442 e. The summed E-state index contributed by atoms with van der Waals surface area (Å²) in [7, 11) is 0. The van der Waals surface area contributed by atoms with Gasteiger partial charge in [0, 0.05) is 9.30 Å². The molecule has 1 aliphatic rings. The Morgan fingerprint density at radius 1 is 1.14 bits per heavy atom. The van der Waals surface area contributed by atoms with Crippen LogP contribution in [0.25, 0.3) is 10.8 Å². The summed E-state index contributed by atoms with van der Waals surface area (Å²) >= 11 is 7.32. The van der Waals surface area contributed by atoms with Crippen LogP contribution in [0, 0.1) is 0 Å². The van der Waals surface area contributed by atoms with Crippen LogP contribution >= 0.6 is 31.9 Å². The van der Waals surface area contributed by atoms with Crippen LogP contribution in [0.15, 0.2) is 34.8 Å². The van der Waals surface area contributed by atoms with Crippen LogP contribution in [-0.4, -0.2) is 0 Å². The number of halogens is 2. The zero-order chi connectivity index (χ0) is 9.71. The topological polar surface area (TPSA) is 0 Å². The van der Waals surface area contributed by atoms with Crippen LogP contribution in [0.3, 0.4) is 0 Å². The minimum atomic E-state index is 0.496. The molecule has 0 saturated heterocycles. The first-order chi connectivity index (χ1) is 6.77. The standard InChI is InChI=1S/C12H8Br2/c13-10-5-4-9-11(14)6-7-2-1-3-8(10)12(7)9/h1-5,11H,6H2. The van der Waals surface area contributed by atoms with Gasteiger partial charge in [0.25, 0.3) is 0 Å². The van der Waals surface area contributed by atoms with E-state index in [0.29, 0.717) is 4.83 Å². The summed E-state index contributed by atoms with van der Waals surface area (Å²) in [5.74, 6) is 0. The highest BCUT2D eigenvalue weighted by Crippen LogP contribution is 2.43. The van der Waals surface area contributed by atoms with Gasteiger partial charge in [-0.05, 0) is 34.4 Å². The Hall–Kier alpha value is -0.340. The number of hydrogen-bond donors (Lipinski definition) is 0. The van der Waals surface area contributed by atoms with Gasteiger partial charge in [0.1, 0.15) is 0 Å². The zero-order valence-electron chi connectivity index (χ0n) is 7.43. The van der Waals surface area contributed by atoms with Crippen molar-refractivity contribution in [2.45, 2.75) is 11.2 Å². The van der Waals surface area contributed by atoms with Gasteiger partial charge in [0.15, 0.2) is 0 Å². The molecule has 70 valence electrons. The summed E-state index contributed by atoms with van der Waals surface area (Å²) in [4.78, 5) is 0.496. The van der Waals surface area contributed by atoms with E-state index in [1.807, 2.05) is 0 Å². The first-order valence-corrected chi connectivity index (χ1v) is 6.32. The number of benzene rings is 2. The number of rotatable bonds is 0. The molecule has 1 aliphatic carbocycles. The van der Waals surface area contributed by atoms with Crippen molar-refractivity contribution in [3.63, 3.8) is 0 Å². The predicted molar refractivity (Wildman–Crippen MR) is 67.0 cm³/mol. The van der Waals surface area contributed by atoms with E-state index in [9.17, 15) is 0 Å². The van der Waals surface area contributed by atoms with Gasteiger partial charge >= 0.3 is 0 Å². The Labute approximate surface area is 99.6 Å². The zero-order valence-corrected chi connectivity index (χ0v) is 10.6. The van der Waals surface area contributed by atoms with E-state index in [1.54, 1.807) is 0 Å². The molecular weight excluding hydrogens is 304 g/mol. The lowest BCUT2D eigenvalue weighted by atomic mass is 10.1. The van der Waals surface area contributed by atoms with Crippen molar-refractivity contribution < 1.29 is 0 Å². The van der Waals surface area contributed by atoms with Crippen molar-refractivity contribution >= 4 is 42.6 Å². The monoisotopic (exact) mass is 310 g/mol. The first-order valence-electron chi connectivity index (χ1n) is 4.61. The molecule has 0 heterocycles. The van der Waals surface area contributed by atoms with Crippen molar-refractivity contribution in [1.29, 1.82) is 0 Å². The normalized spacial score (nSPS) is 19.1. The van der Waals surface area contributed by atoms with Crippen LogP contribution < -0.4 is 0 Å². The van der Waals surface area contributed by atoms with Gasteiger partial charge in [-0.15, -0.1) is 0 Å². The SMILES string of the molecule is Brc1ccc2c3c(cccc13)CC2Br. The quantitative estimate of drug-likeness (QED) is 0.624. The molecule has 0 saturated carbocycles. The molecular formula is C12H8Br2. The highest BCUT2D eigenvalue weighted by Gasteiger charge is 2.22. The predicted octanol–water partition coefficient (Wildman–Crippen LogP) is 4.59. The lowest BCUT2D eigenvalue weighted by Crippen LogP contribution is -1.82. The summed E-state index contributed by atoms with van der Waals surface area (Å²) in [6, 6.07) is 10.9. The second-order valence-corrected chi connectivity index (χ2v) is 5.61. The Morgan fingerprint density at radius 2 is 2.00 bits per heavy atom. The second kappa shape index (κ2) is 3.07. The maximum absolute atomic E-state index is 3.72. The summed E-state index contributed by atoms with van der Waals surface area (Å²) in [5.41, 5.74) is 2.89. The highest BCUT2D eigenvalue weighted by atomic mass is 79.9. The van der Waals surface area contributed by atoms with E-state index in [-0.39, 0.29) is 0 Å². The first kappa shape index (κ1) is 8.93. The van der Waals surface area contributed by atoms with Gasteiger partial charge in [-0.2, -0.15) is 0 Å². The second-order valence-electron chi connectivity index (χ2n) is 3.65. The lowest BCUT2D eigenvalue weighted by Gasteiger charge is -2.04. The Kier molecular flexibility index (Phi) is 1.96. The maximum atomic E-state index is 3.72. The minimum Gasteiger partial charge on any atom is -0.0835 e. The van der Waals surface area contributed by atoms with Crippen LogP contribution in [-0.2, 0) is 6.42 Å². The molecule has 2 aromatic carbocycles. The lowest BCUT2D eigenvalue weighted by molar-refractivity contribution is 1.01. The van der Waals surface area contributed by atoms with E-state index in [0.717, 1.165) is 6.42 Å². The van der Waals surface area contributed by atoms with Gasteiger partial charge in [0.2, 0.25) is 0 Å². The molecule has 2 heteroatoms. The molecule has 3 rings (SSSR count). The summed E-state index contributed by atoms with van der Waals surface area (Å²) in [6.45, 7) is 0. The summed E-state index contributed by atoms with van der Waals surface area (Å²) < 4.78 is 1.19. The molecule has 0 radical (unpaired) electrons. The van der Waals surface area contributed by atoms with Gasteiger partial charge in [0.05, 0.1) is 0 Å². The molecule has 0 bridgehead atoms. The summed E-state index contributed by atoms with van der Waals surface area (Å²) in [6.07, 6.45) is 1.11. The molecule has 0 spiro atoms. The van der Waals surface area contributed by atoms with Crippen LogP contribution in [0.1, 0.15) is 16.0 Å². The average Bonchev–Trinajstić information content (AvgIpc) is 2.50. The van der Waals surface area contributed by atoms with Crippen LogP contribution in [0.5, 0.6) is 0 Å². The highest BCUT2D eigenvalue weighted by molar-refractivity contribution is 9.10. The fourth-order valence-electron chi connectivity index (χ4n) is 2.21. The molecule has 0 aromatic heterocycles. The molecule has 0 amide bonds. The van der Waals surface area contributed by atoms with E-state index in [2.05, 4.69) is 62.2 Å². The van der Waals surface area contributed by atoms with Crippen molar-refractivity contribution in [1.82, 2.24) is 0 Å². The number of hydrogen-bond acceptors (Lipinski definition) is 0.